The van der Waals surface area contributed by atoms with Gasteiger partial charge in [-0.15, -0.1) is 0 Å². The highest BCUT2D eigenvalue weighted by Gasteiger charge is 2.49. The van der Waals surface area contributed by atoms with Crippen LogP contribution in [0.25, 0.3) is 0 Å². The van der Waals surface area contributed by atoms with Crippen molar-refractivity contribution in [2.45, 2.75) is 36.6 Å². The minimum absolute atomic E-state index is 0.960. The van der Waals surface area contributed by atoms with Crippen molar-refractivity contribution >= 4 is 0 Å². The van der Waals surface area contributed by atoms with E-state index in [1.165, 1.54) is 14.2 Å². The van der Waals surface area contributed by atoms with E-state index in [4.69, 9.17) is 9.47 Å². The van der Waals surface area contributed by atoms with Gasteiger partial charge in [0.25, 0.3) is 0 Å². The Balaban J connectivity index is 2.82. The van der Waals surface area contributed by atoms with E-state index in [9.17, 15) is 20.4 Å². The predicted octanol–water partition coefficient (Wildman–Crippen LogP) is -2.53. The van der Waals surface area contributed by atoms with E-state index in [2.05, 4.69) is 0 Å². The first kappa shape index (κ1) is 11.8. The molecule has 1 saturated carbocycles. The zero-order chi connectivity index (χ0) is 10.9. The van der Waals surface area contributed by atoms with Crippen LogP contribution in [0.3, 0.4) is 0 Å². The molecule has 1 fully saturated rings. The summed E-state index contributed by atoms with van der Waals surface area (Å²) in [5, 5.41) is 37.9. The molecule has 0 saturated heterocycles. The van der Waals surface area contributed by atoms with Crippen molar-refractivity contribution in [2.24, 2.45) is 0 Å². The van der Waals surface area contributed by atoms with Crippen molar-refractivity contribution in [1.82, 2.24) is 0 Å². The van der Waals surface area contributed by atoms with Crippen LogP contribution in [0.1, 0.15) is 0 Å². The maximum atomic E-state index is 9.61. The molecule has 1 aliphatic rings. The van der Waals surface area contributed by atoms with Crippen LogP contribution in [0.15, 0.2) is 0 Å². The number of hydrogen-bond acceptors (Lipinski definition) is 6. The van der Waals surface area contributed by atoms with Crippen LogP contribution in [0.5, 0.6) is 0 Å². The van der Waals surface area contributed by atoms with E-state index in [0.29, 0.717) is 0 Å². The number of ether oxygens (including phenoxy) is 2. The number of aliphatic hydroxyl groups excluding tert-OH is 4. The van der Waals surface area contributed by atoms with Crippen LogP contribution >= 0.6 is 0 Å². The molecule has 0 aromatic heterocycles. The third kappa shape index (κ3) is 1.77. The largest absolute Gasteiger partial charge is 0.387 e. The highest BCUT2D eigenvalue weighted by atomic mass is 16.5. The highest BCUT2D eigenvalue weighted by molar-refractivity contribution is 4.99. The van der Waals surface area contributed by atoms with Crippen LogP contribution in [-0.4, -0.2) is 71.3 Å². The summed E-state index contributed by atoms with van der Waals surface area (Å²) in [6, 6.07) is 0. The monoisotopic (exact) mass is 208 g/mol. The first-order valence-corrected chi connectivity index (χ1v) is 4.32. The highest BCUT2D eigenvalue weighted by Crippen LogP contribution is 2.24. The zero-order valence-corrected chi connectivity index (χ0v) is 8.07. The molecule has 1 rings (SSSR count). The lowest BCUT2D eigenvalue weighted by Crippen LogP contribution is -2.64. The molecule has 0 bridgehead atoms. The Morgan fingerprint density at radius 1 is 0.643 bits per heavy atom. The molecule has 0 aromatic carbocycles. The molecule has 6 nitrogen and oxygen atoms in total. The molecule has 1 aliphatic carbocycles. The molecule has 4 N–H and O–H groups in total. The van der Waals surface area contributed by atoms with E-state index in [1.54, 1.807) is 0 Å². The molecule has 84 valence electrons. The summed E-state index contributed by atoms with van der Waals surface area (Å²) in [5.41, 5.74) is 0. The van der Waals surface area contributed by atoms with Gasteiger partial charge in [-0.25, -0.2) is 0 Å². The van der Waals surface area contributed by atoms with Gasteiger partial charge in [-0.05, 0) is 0 Å². The Morgan fingerprint density at radius 2 is 1.00 bits per heavy atom. The summed E-state index contributed by atoms with van der Waals surface area (Å²) in [4.78, 5) is 0. The number of methoxy groups -OCH3 is 2. The second kappa shape index (κ2) is 4.52. The molecule has 14 heavy (non-hydrogen) atoms. The third-order valence-electron chi connectivity index (χ3n) is 2.59. The van der Waals surface area contributed by atoms with E-state index >= 15 is 0 Å². The SMILES string of the molecule is CO[C@H]1C(O)[C@H](OC)[C@@H](O)C(O)[C@@H]1O. The first-order chi connectivity index (χ1) is 6.54. The van der Waals surface area contributed by atoms with Crippen molar-refractivity contribution in [3.63, 3.8) is 0 Å². The molecule has 0 spiro atoms. The Morgan fingerprint density at radius 3 is 1.29 bits per heavy atom. The summed E-state index contributed by atoms with van der Waals surface area (Å²) in [5.74, 6) is 0. The lowest BCUT2D eigenvalue weighted by Gasteiger charge is -2.42. The average Bonchev–Trinajstić information content (AvgIpc) is 2.16. The molecule has 6 heteroatoms. The predicted molar refractivity (Wildman–Crippen MR) is 45.6 cm³/mol. The van der Waals surface area contributed by atoms with Crippen LogP contribution in [-0.2, 0) is 9.47 Å². The van der Waals surface area contributed by atoms with Gasteiger partial charge in [0, 0.05) is 14.2 Å². The lowest BCUT2D eigenvalue weighted by atomic mass is 9.85. The van der Waals surface area contributed by atoms with Crippen molar-refractivity contribution in [1.29, 1.82) is 0 Å². The van der Waals surface area contributed by atoms with Crippen LogP contribution in [0.2, 0.25) is 0 Å². The maximum Gasteiger partial charge on any atom is 0.114 e. The van der Waals surface area contributed by atoms with Gasteiger partial charge in [-0.3, -0.25) is 0 Å². The van der Waals surface area contributed by atoms with Gasteiger partial charge in [0.05, 0.1) is 0 Å². The Labute approximate surface area is 81.7 Å². The fourth-order valence-electron chi connectivity index (χ4n) is 1.74. The third-order valence-corrected chi connectivity index (χ3v) is 2.59. The van der Waals surface area contributed by atoms with Gasteiger partial charge in [0.2, 0.25) is 0 Å². The second-order valence-electron chi connectivity index (χ2n) is 3.36. The van der Waals surface area contributed by atoms with Crippen LogP contribution in [0, 0.1) is 0 Å². The van der Waals surface area contributed by atoms with Gasteiger partial charge in [-0.1, -0.05) is 0 Å². The topological polar surface area (TPSA) is 99.4 Å². The summed E-state index contributed by atoms with van der Waals surface area (Å²) in [6.45, 7) is 0. The molecular formula is C8H16O6. The molecule has 0 aliphatic heterocycles. The van der Waals surface area contributed by atoms with Gasteiger partial charge < -0.3 is 29.9 Å². The van der Waals surface area contributed by atoms with Gasteiger partial charge in [0.1, 0.15) is 36.6 Å². The summed E-state index contributed by atoms with van der Waals surface area (Å²) < 4.78 is 9.63. The quantitative estimate of drug-likeness (QED) is 0.399. The molecule has 0 radical (unpaired) electrons. The van der Waals surface area contributed by atoms with Crippen molar-refractivity contribution in [2.75, 3.05) is 14.2 Å². The smallest absolute Gasteiger partial charge is 0.114 e. The Bertz CT molecular complexity index is 169. The summed E-state index contributed by atoms with van der Waals surface area (Å²) in [7, 11) is 2.60. The van der Waals surface area contributed by atoms with E-state index < -0.39 is 36.6 Å². The fourth-order valence-corrected chi connectivity index (χ4v) is 1.74. The number of hydrogen-bond donors (Lipinski definition) is 4. The fraction of sp³-hybridized carbons (Fsp3) is 1.00. The number of aliphatic hydroxyl groups is 4. The van der Waals surface area contributed by atoms with Crippen LogP contribution in [0.4, 0.5) is 0 Å². The molecule has 0 unspecified atom stereocenters. The van der Waals surface area contributed by atoms with Crippen molar-refractivity contribution in [3.8, 4) is 0 Å². The van der Waals surface area contributed by atoms with Gasteiger partial charge >= 0.3 is 0 Å². The van der Waals surface area contributed by atoms with Gasteiger partial charge in [0.15, 0.2) is 0 Å². The van der Waals surface area contributed by atoms with E-state index in [1.807, 2.05) is 0 Å². The zero-order valence-electron chi connectivity index (χ0n) is 8.07. The lowest BCUT2D eigenvalue weighted by molar-refractivity contribution is -0.235. The number of rotatable bonds is 2. The molecular weight excluding hydrogens is 192 g/mol. The summed E-state index contributed by atoms with van der Waals surface area (Å²) >= 11 is 0. The average molecular weight is 208 g/mol. The second-order valence-corrected chi connectivity index (χ2v) is 3.36. The summed E-state index contributed by atoms with van der Waals surface area (Å²) in [6.07, 6.45) is -7.11. The molecule has 4 atom stereocenters. The Kier molecular flexibility index (Phi) is 3.82. The minimum Gasteiger partial charge on any atom is -0.387 e. The standard InChI is InChI=1S/C8H16O6/c1-13-7-4(10)3(9)5(11)8(14-2)6(7)12/h3-12H,1-2H3/t3?,4-,5-,6?,7+,8+/m0/s1. The van der Waals surface area contributed by atoms with Crippen molar-refractivity contribution < 1.29 is 29.9 Å². The normalized spacial score (nSPS) is 49.3. The molecule has 0 amide bonds. The molecule has 0 aromatic rings. The maximum absolute atomic E-state index is 9.61. The van der Waals surface area contributed by atoms with E-state index in [-0.39, 0.29) is 0 Å². The minimum atomic E-state index is -1.38. The van der Waals surface area contributed by atoms with E-state index in [0.717, 1.165) is 0 Å². The van der Waals surface area contributed by atoms with Crippen LogP contribution < -0.4 is 0 Å². The van der Waals surface area contributed by atoms with Crippen molar-refractivity contribution in [3.05, 3.63) is 0 Å². The molecule has 0 heterocycles. The van der Waals surface area contributed by atoms with Gasteiger partial charge in [-0.2, -0.15) is 0 Å². The first-order valence-electron chi connectivity index (χ1n) is 4.32. The Hall–Kier alpha value is -0.240.